The lowest BCUT2D eigenvalue weighted by molar-refractivity contribution is -0.274. The molecular weight excluding hydrogens is 537 g/mol. The van der Waals surface area contributed by atoms with E-state index in [1.807, 2.05) is 24.3 Å². The van der Waals surface area contributed by atoms with Gasteiger partial charge in [0.05, 0.1) is 17.6 Å². The quantitative estimate of drug-likeness (QED) is 0.144. The van der Waals surface area contributed by atoms with Gasteiger partial charge in [-0.2, -0.15) is 5.10 Å². The summed E-state index contributed by atoms with van der Waals surface area (Å²) in [5.41, 5.74) is 11.4. The van der Waals surface area contributed by atoms with Crippen LogP contribution in [-0.4, -0.2) is 29.3 Å². The summed E-state index contributed by atoms with van der Waals surface area (Å²) in [5.74, 6) is 0.272. The summed E-state index contributed by atoms with van der Waals surface area (Å²) < 4.78 is 42.7. The third-order valence-corrected chi connectivity index (χ3v) is 6.64. The number of nitrogens with zero attached hydrogens (tertiary/aromatic N) is 5. The largest absolute Gasteiger partial charge is 0.573 e. The van der Waals surface area contributed by atoms with Gasteiger partial charge in [-0.25, -0.2) is 9.98 Å². The van der Waals surface area contributed by atoms with Crippen molar-refractivity contribution in [3.63, 3.8) is 0 Å². The van der Waals surface area contributed by atoms with Gasteiger partial charge in [0, 0.05) is 16.6 Å². The first-order valence-corrected chi connectivity index (χ1v) is 13.1. The molecule has 0 aliphatic carbocycles. The maximum atomic E-state index is 12.3. The Hall–Kier alpha value is -4.51. The number of thiazole rings is 1. The summed E-state index contributed by atoms with van der Waals surface area (Å²) in [4.78, 5) is 8.95. The van der Waals surface area contributed by atoms with Crippen LogP contribution in [0.15, 0.2) is 98.4 Å². The molecule has 0 fully saturated rings. The van der Waals surface area contributed by atoms with Crippen LogP contribution in [0.5, 0.6) is 5.75 Å². The van der Waals surface area contributed by atoms with Crippen molar-refractivity contribution in [2.75, 3.05) is 0 Å². The van der Waals surface area contributed by atoms with Gasteiger partial charge in [-0.3, -0.25) is 4.57 Å². The predicted octanol–water partition coefficient (Wildman–Crippen LogP) is 6.87. The molecule has 0 aliphatic heterocycles. The highest BCUT2D eigenvalue weighted by atomic mass is 32.1. The first kappa shape index (κ1) is 28.5. The van der Waals surface area contributed by atoms with Gasteiger partial charge in [-0.15, -0.1) is 29.6 Å². The van der Waals surface area contributed by atoms with Crippen LogP contribution in [0, 0.1) is 6.92 Å². The molecular formula is C29H27F3N6OS. The molecule has 0 saturated heterocycles. The average Bonchev–Trinajstić information content (AvgIpc) is 3.29. The van der Waals surface area contributed by atoms with Gasteiger partial charge in [-0.05, 0) is 54.3 Å². The first-order valence-electron chi connectivity index (χ1n) is 12.3. The number of halogens is 3. The molecule has 4 aromatic rings. The Kier molecular flexibility index (Phi) is 8.95. The maximum absolute atomic E-state index is 12.3. The van der Waals surface area contributed by atoms with Crippen LogP contribution in [0.4, 0.5) is 18.9 Å². The molecule has 206 valence electrons. The minimum atomic E-state index is -4.74. The number of hydrogen-bond donors (Lipinski definition) is 1. The Labute approximate surface area is 233 Å². The van der Waals surface area contributed by atoms with Crippen molar-refractivity contribution < 1.29 is 17.9 Å². The Morgan fingerprint density at radius 2 is 1.70 bits per heavy atom. The number of para-hydroxylation sites is 1. The molecule has 0 saturated carbocycles. The topological polar surface area (TPSA) is 89.6 Å². The third-order valence-electron chi connectivity index (χ3n) is 5.71. The molecule has 40 heavy (non-hydrogen) atoms. The minimum absolute atomic E-state index is 0.230. The number of nitrogens with two attached hydrogens (primary N) is 1. The highest BCUT2D eigenvalue weighted by Gasteiger charge is 2.30. The van der Waals surface area contributed by atoms with Crippen molar-refractivity contribution in [1.82, 2.24) is 4.57 Å². The third kappa shape index (κ3) is 7.54. The van der Waals surface area contributed by atoms with E-state index in [-0.39, 0.29) is 11.6 Å². The van der Waals surface area contributed by atoms with Gasteiger partial charge in [0.2, 0.25) is 4.80 Å². The lowest BCUT2D eigenvalue weighted by Crippen LogP contribution is -2.16. The maximum Gasteiger partial charge on any atom is 0.573 e. The number of benzene rings is 3. The first-order chi connectivity index (χ1) is 19.1. The van der Waals surface area contributed by atoms with Gasteiger partial charge in [0.25, 0.3) is 0 Å². The normalized spacial score (nSPS) is 13.2. The highest BCUT2D eigenvalue weighted by Crippen LogP contribution is 2.25. The SMILES string of the molecule is Cc1cs/c(=N\N=C\c2ccc(C(N)=NC=Nc3ccc(OC(F)(F)F)cc3)cc2)n1-c1ccccc1C(C)C. The number of aryl methyl sites for hydroxylation is 1. The summed E-state index contributed by atoms with van der Waals surface area (Å²) in [6.45, 7) is 6.39. The Bertz CT molecular complexity index is 1600. The van der Waals surface area contributed by atoms with Crippen molar-refractivity contribution in [1.29, 1.82) is 0 Å². The van der Waals surface area contributed by atoms with Gasteiger partial charge in [0.1, 0.15) is 17.9 Å². The van der Waals surface area contributed by atoms with Crippen molar-refractivity contribution >= 4 is 35.4 Å². The van der Waals surface area contributed by atoms with E-state index < -0.39 is 6.36 Å². The summed E-state index contributed by atoms with van der Waals surface area (Å²) in [6, 6.07) is 20.7. The van der Waals surface area contributed by atoms with Crippen molar-refractivity contribution in [3.8, 4) is 11.4 Å². The van der Waals surface area contributed by atoms with Crippen LogP contribution in [0.2, 0.25) is 0 Å². The Balaban J connectivity index is 1.44. The fourth-order valence-corrected chi connectivity index (χ4v) is 4.61. The molecule has 11 heteroatoms. The van der Waals surface area contributed by atoms with Gasteiger partial charge in [0.15, 0.2) is 0 Å². The smallest absolute Gasteiger partial charge is 0.406 e. The molecule has 7 nitrogen and oxygen atoms in total. The second-order valence-electron chi connectivity index (χ2n) is 8.98. The van der Waals surface area contributed by atoms with Crippen LogP contribution in [0.25, 0.3) is 5.69 Å². The molecule has 4 rings (SSSR count). The molecule has 2 N–H and O–H groups in total. The molecule has 0 unspecified atom stereocenters. The summed E-state index contributed by atoms with van der Waals surface area (Å²) in [5, 5.41) is 10.8. The van der Waals surface area contributed by atoms with E-state index in [0.29, 0.717) is 17.2 Å². The molecule has 0 atom stereocenters. The molecule has 1 heterocycles. The van der Waals surface area contributed by atoms with E-state index >= 15 is 0 Å². The molecule has 1 aromatic heterocycles. The Morgan fingerprint density at radius 1 is 1.00 bits per heavy atom. The molecule has 3 aromatic carbocycles. The zero-order chi connectivity index (χ0) is 28.7. The van der Waals surface area contributed by atoms with E-state index in [9.17, 15) is 13.2 Å². The van der Waals surface area contributed by atoms with Gasteiger partial charge >= 0.3 is 6.36 Å². The highest BCUT2D eigenvalue weighted by molar-refractivity contribution is 7.07. The number of amidine groups is 1. The number of aliphatic imine (C=N–C) groups is 2. The fourth-order valence-electron chi connectivity index (χ4n) is 3.79. The number of ether oxygens (including phenoxy) is 1. The average molecular weight is 565 g/mol. The van der Waals surface area contributed by atoms with Crippen molar-refractivity contribution in [2.45, 2.75) is 33.1 Å². The van der Waals surface area contributed by atoms with Crippen LogP contribution in [0.3, 0.4) is 0 Å². The van der Waals surface area contributed by atoms with E-state index in [1.54, 1.807) is 18.3 Å². The van der Waals surface area contributed by atoms with Gasteiger partial charge < -0.3 is 10.5 Å². The van der Waals surface area contributed by atoms with E-state index in [1.165, 1.54) is 47.5 Å². The lowest BCUT2D eigenvalue weighted by atomic mass is 10.0. The van der Waals surface area contributed by atoms with E-state index in [2.05, 4.69) is 67.8 Å². The van der Waals surface area contributed by atoms with Crippen molar-refractivity contribution in [2.24, 2.45) is 25.9 Å². The number of alkyl halides is 3. The summed E-state index contributed by atoms with van der Waals surface area (Å²) >= 11 is 1.53. The van der Waals surface area contributed by atoms with Crippen LogP contribution >= 0.6 is 11.3 Å². The molecule has 0 aliphatic rings. The van der Waals surface area contributed by atoms with Crippen LogP contribution in [-0.2, 0) is 0 Å². The van der Waals surface area contributed by atoms with Crippen LogP contribution in [0.1, 0.15) is 42.1 Å². The van der Waals surface area contributed by atoms with Crippen molar-refractivity contribution in [3.05, 3.63) is 105 Å². The van der Waals surface area contributed by atoms with Crippen LogP contribution < -0.4 is 15.3 Å². The summed E-state index contributed by atoms with van der Waals surface area (Å²) in [7, 11) is 0. The minimum Gasteiger partial charge on any atom is -0.406 e. The second kappa shape index (κ2) is 12.6. The summed E-state index contributed by atoms with van der Waals surface area (Å²) in [6.07, 6.45) is -1.84. The zero-order valence-corrected chi connectivity index (χ0v) is 22.8. The number of hydrogen-bond acceptors (Lipinski definition) is 5. The fraction of sp³-hybridized carbons (Fsp3) is 0.172. The second-order valence-corrected chi connectivity index (χ2v) is 9.81. The molecule has 0 spiro atoms. The monoisotopic (exact) mass is 564 g/mol. The molecule has 0 radical (unpaired) electrons. The number of aromatic nitrogens is 1. The standard InChI is InChI=1S/C29H27F3N6OS/c1-19(2)25-6-4-5-7-26(25)38-20(3)17-40-28(38)37-36-16-21-8-10-22(11-9-21)27(33)35-18-34-23-12-14-24(15-13-23)39-29(30,31)32/h4-19H,1-3H3,(H2,33,34,35)/b36-16+,37-28-. The molecule has 0 amide bonds. The van der Waals surface area contributed by atoms with Gasteiger partial charge in [-0.1, -0.05) is 56.3 Å². The number of rotatable bonds is 8. The zero-order valence-electron chi connectivity index (χ0n) is 22.0. The molecule has 0 bridgehead atoms. The predicted molar refractivity (Wildman–Crippen MR) is 154 cm³/mol. The lowest BCUT2D eigenvalue weighted by Gasteiger charge is -2.14. The Morgan fingerprint density at radius 3 is 2.38 bits per heavy atom. The van der Waals surface area contributed by atoms with E-state index in [0.717, 1.165) is 21.7 Å². The van der Waals surface area contributed by atoms with E-state index in [4.69, 9.17) is 5.73 Å².